The summed E-state index contributed by atoms with van der Waals surface area (Å²) in [5.74, 6) is 1.99. The maximum atomic E-state index is 12.2. The maximum absolute atomic E-state index is 12.2. The van der Waals surface area contributed by atoms with Gasteiger partial charge in [-0.2, -0.15) is 4.98 Å². The van der Waals surface area contributed by atoms with Crippen LogP contribution in [0.2, 0.25) is 0 Å². The lowest BCUT2D eigenvalue weighted by Gasteiger charge is -2.33. The fourth-order valence-corrected chi connectivity index (χ4v) is 3.54. The highest BCUT2D eigenvalue weighted by Crippen LogP contribution is 2.29. The molecule has 29 heavy (non-hydrogen) atoms. The minimum absolute atomic E-state index is 0.243. The quantitative estimate of drug-likeness (QED) is 0.646. The number of hydrogen-bond donors (Lipinski definition) is 0. The van der Waals surface area contributed by atoms with Gasteiger partial charge in [0.1, 0.15) is 11.2 Å². The Bertz CT molecular complexity index is 1010. The lowest BCUT2D eigenvalue weighted by atomic mass is 9.93. The number of fused-ring (bicyclic) bond motifs is 1. The van der Waals surface area contributed by atoms with Crippen LogP contribution in [0, 0.1) is 12.8 Å². The molecule has 4 heterocycles. The van der Waals surface area contributed by atoms with Gasteiger partial charge in [0.25, 0.3) is 5.89 Å². The molecule has 1 aliphatic heterocycles. The summed E-state index contributed by atoms with van der Waals surface area (Å²) in [7, 11) is 0. The van der Waals surface area contributed by atoms with E-state index in [1.165, 1.54) is 0 Å². The molecule has 3 aromatic rings. The Balaban J connectivity index is 1.36. The predicted octanol–water partition coefficient (Wildman–Crippen LogP) is 4.38. The predicted molar refractivity (Wildman–Crippen MR) is 106 cm³/mol. The van der Waals surface area contributed by atoms with Crippen LogP contribution in [0.1, 0.15) is 45.1 Å². The summed E-state index contributed by atoms with van der Waals surface area (Å²) in [5, 5.41) is 5.06. The van der Waals surface area contributed by atoms with E-state index in [0.29, 0.717) is 42.9 Å². The third-order valence-corrected chi connectivity index (χ3v) is 5.06. The zero-order chi connectivity index (χ0) is 20.6. The van der Waals surface area contributed by atoms with E-state index >= 15 is 0 Å². The number of aromatic nitrogens is 3. The van der Waals surface area contributed by atoms with Gasteiger partial charge >= 0.3 is 6.09 Å². The van der Waals surface area contributed by atoms with Crippen molar-refractivity contribution in [2.75, 3.05) is 13.1 Å². The van der Waals surface area contributed by atoms with E-state index < -0.39 is 5.60 Å². The van der Waals surface area contributed by atoms with Gasteiger partial charge in [-0.3, -0.25) is 4.98 Å². The van der Waals surface area contributed by atoms with Gasteiger partial charge in [0.05, 0.1) is 0 Å². The molecule has 1 fully saturated rings. The van der Waals surface area contributed by atoms with Crippen LogP contribution in [0.4, 0.5) is 4.79 Å². The number of furan rings is 1. The van der Waals surface area contributed by atoms with Crippen molar-refractivity contribution in [2.24, 2.45) is 5.92 Å². The molecule has 8 nitrogen and oxygen atoms in total. The van der Waals surface area contributed by atoms with E-state index in [1.54, 1.807) is 11.1 Å². The van der Waals surface area contributed by atoms with Crippen LogP contribution in [-0.2, 0) is 11.2 Å². The molecule has 0 saturated carbocycles. The number of hydrogen-bond acceptors (Lipinski definition) is 7. The average Bonchev–Trinajstić information content (AvgIpc) is 3.28. The molecule has 0 unspecified atom stereocenters. The minimum atomic E-state index is -0.472. The zero-order valence-electron chi connectivity index (χ0n) is 17.3. The smallest absolute Gasteiger partial charge is 0.410 e. The summed E-state index contributed by atoms with van der Waals surface area (Å²) >= 11 is 0. The molecule has 1 saturated heterocycles. The Morgan fingerprint density at radius 1 is 1.31 bits per heavy atom. The first-order chi connectivity index (χ1) is 13.8. The monoisotopic (exact) mass is 398 g/mol. The lowest BCUT2D eigenvalue weighted by Crippen LogP contribution is -2.42. The Labute approximate surface area is 169 Å². The van der Waals surface area contributed by atoms with E-state index in [4.69, 9.17) is 13.7 Å². The molecule has 0 atom stereocenters. The lowest BCUT2D eigenvalue weighted by molar-refractivity contribution is 0.0183. The standard InChI is InChI=1S/C21H26N4O4/c1-13-15-12-17(27-16(15)5-8-22-13)19-23-18(24-29-19)11-14-6-9-25(10-7-14)20(26)28-21(2,3)4/h5,8,12,14H,6-7,9-11H2,1-4H3. The zero-order valence-corrected chi connectivity index (χ0v) is 17.3. The summed E-state index contributed by atoms with van der Waals surface area (Å²) in [4.78, 5) is 22.7. The molecule has 1 amide bonds. The second-order valence-corrected chi connectivity index (χ2v) is 8.55. The number of aryl methyl sites for hydroxylation is 1. The van der Waals surface area contributed by atoms with Crippen LogP contribution >= 0.6 is 0 Å². The summed E-state index contributed by atoms with van der Waals surface area (Å²) in [5.41, 5.74) is 1.18. The van der Waals surface area contributed by atoms with E-state index in [0.717, 1.165) is 29.5 Å². The normalized spacial score (nSPS) is 15.8. The molecular weight excluding hydrogens is 372 g/mol. The van der Waals surface area contributed by atoms with E-state index in [9.17, 15) is 4.79 Å². The topological polar surface area (TPSA) is 94.5 Å². The van der Waals surface area contributed by atoms with Crippen molar-refractivity contribution in [3.8, 4) is 11.7 Å². The van der Waals surface area contributed by atoms with Crippen LogP contribution in [0.25, 0.3) is 22.6 Å². The summed E-state index contributed by atoms with van der Waals surface area (Å²) in [6.07, 6.45) is 3.96. The van der Waals surface area contributed by atoms with E-state index in [2.05, 4.69) is 15.1 Å². The number of ether oxygens (including phenoxy) is 1. The fourth-order valence-electron chi connectivity index (χ4n) is 3.54. The van der Waals surface area contributed by atoms with E-state index in [1.807, 2.05) is 39.8 Å². The summed E-state index contributed by atoms with van der Waals surface area (Å²) in [6.45, 7) is 8.94. The van der Waals surface area contributed by atoms with Gasteiger partial charge in [-0.25, -0.2) is 4.79 Å². The number of nitrogens with zero attached hydrogens (tertiary/aromatic N) is 4. The van der Waals surface area contributed by atoms with Crippen LogP contribution in [-0.4, -0.2) is 44.8 Å². The molecule has 1 aliphatic rings. The molecule has 0 radical (unpaired) electrons. The molecule has 0 spiro atoms. The largest absolute Gasteiger partial charge is 0.451 e. The first kappa shape index (κ1) is 19.4. The van der Waals surface area contributed by atoms with Gasteiger partial charge in [0, 0.05) is 36.8 Å². The van der Waals surface area contributed by atoms with Gasteiger partial charge in [0.2, 0.25) is 0 Å². The van der Waals surface area contributed by atoms with Crippen LogP contribution in [0.5, 0.6) is 0 Å². The van der Waals surface area contributed by atoms with Gasteiger partial charge in [-0.05, 0) is 58.6 Å². The van der Waals surface area contributed by atoms with Gasteiger partial charge in [-0.1, -0.05) is 5.16 Å². The highest BCUT2D eigenvalue weighted by Gasteiger charge is 2.28. The highest BCUT2D eigenvalue weighted by molar-refractivity contribution is 5.83. The molecule has 0 N–H and O–H groups in total. The number of piperidine rings is 1. The van der Waals surface area contributed by atoms with Crippen molar-refractivity contribution in [3.05, 3.63) is 29.8 Å². The van der Waals surface area contributed by atoms with Gasteiger partial charge < -0.3 is 18.6 Å². The van der Waals surface area contributed by atoms with Gasteiger partial charge in [-0.15, -0.1) is 0 Å². The second-order valence-electron chi connectivity index (χ2n) is 8.55. The van der Waals surface area contributed by atoms with Crippen molar-refractivity contribution in [2.45, 2.75) is 52.6 Å². The number of likely N-dealkylation sites (tertiary alicyclic amines) is 1. The summed E-state index contributed by atoms with van der Waals surface area (Å²) < 4.78 is 16.7. The molecule has 4 rings (SSSR count). The van der Waals surface area contributed by atoms with Crippen LogP contribution in [0.3, 0.4) is 0 Å². The maximum Gasteiger partial charge on any atom is 0.410 e. The number of amides is 1. The third kappa shape index (κ3) is 4.41. The molecule has 3 aromatic heterocycles. The summed E-state index contributed by atoms with van der Waals surface area (Å²) in [6, 6.07) is 3.70. The minimum Gasteiger partial charge on any atom is -0.451 e. The molecule has 154 valence electrons. The molecule has 0 bridgehead atoms. The van der Waals surface area contributed by atoms with Crippen LogP contribution < -0.4 is 0 Å². The van der Waals surface area contributed by atoms with Gasteiger partial charge in [0.15, 0.2) is 11.6 Å². The molecule has 8 heteroatoms. The van der Waals surface area contributed by atoms with Crippen LogP contribution in [0.15, 0.2) is 27.3 Å². The molecular formula is C21H26N4O4. The van der Waals surface area contributed by atoms with Crippen molar-refractivity contribution in [3.63, 3.8) is 0 Å². The van der Waals surface area contributed by atoms with E-state index in [-0.39, 0.29) is 6.09 Å². The number of pyridine rings is 1. The number of rotatable bonds is 3. The average molecular weight is 398 g/mol. The first-order valence-electron chi connectivity index (χ1n) is 9.94. The van der Waals surface area contributed by atoms with Crippen molar-refractivity contribution in [1.29, 1.82) is 0 Å². The van der Waals surface area contributed by atoms with Crippen molar-refractivity contribution in [1.82, 2.24) is 20.0 Å². The number of carbonyl (C=O) groups is 1. The molecule has 0 aromatic carbocycles. The first-order valence-corrected chi connectivity index (χ1v) is 9.94. The Morgan fingerprint density at radius 3 is 2.76 bits per heavy atom. The fraction of sp³-hybridized carbons (Fsp3) is 0.524. The SMILES string of the molecule is Cc1nccc2oc(-c3nc(CC4CCN(C(=O)OC(C)(C)C)CC4)no3)cc12. The second kappa shape index (κ2) is 7.50. The van der Waals surface area contributed by atoms with Crippen molar-refractivity contribution < 1.29 is 18.5 Å². The Kier molecular flexibility index (Phi) is 5.02. The molecule has 0 aliphatic carbocycles. The van der Waals surface area contributed by atoms with Crippen molar-refractivity contribution >= 4 is 17.1 Å². The highest BCUT2D eigenvalue weighted by atomic mass is 16.6. The Morgan fingerprint density at radius 2 is 2.07 bits per heavy atom. The third-order valence-electron chi connectivity index (χ3n) is 5.06. The number of carbonyl (C=O) groups excluding carboxylic acids is 1. The Hall–Kier alpha value is -2.90.